The number of carbonyl (C=O) groups excluding carboxylic acids is 1. The summed E-state index contributed by atoms with van der Waals surface area (Å²) in [5.41, 5.74) is 4.15. The molecule has 3 aromatic carbocycles. The van der Waals surface area contributed by atoms with Gasteiger partial charge in [-0.3, -0.25) is 4.79 Å². The Kier molecular flexibility index (Phi) is 6.53. The minimum absolute atomic E-state index is 0.103. The topological polar surface area (TPSA) is 70.9 Å². The fraction of sp³-hybridized carbons (Fsp3) is 0.0476. The molecule has 0 aliphatic heterocycles. The Labute approximate surface area is 172 Å². The van der Waals surface area contributed by atoms with Crippen LogP contribution >= 0.6 is 23.2 Å². The number of hydrogen-bond acceptors (Lipinski definition) is 4. The number of nitrogens with one attached hydrogen (secondary N) is 1. The molecule has 0 saturated carbocycles. The number of phenolic OH excluding ortho intramolecular Hbond substituents is 1. The van der Waals surface area contributed by atoms with Gasteiger partial charge in [-0.2, -0.15) is 5.10 Å². The van der Waals surface area contributed by atoms with E-state index >= 15 is 0 Å². The molecule has 0 spiro atoms. The Hall–Kier alpha value is -3.02. The molecule has 0 heterocycles. The summed E-state index contributed by atoms with van der Waals surface area (Å²) in [6, 6.07) is 19.4. The van der Waals surface area contributed by atoms with Crippen molar-refractivity contribution >= 4 is 35.3 Å². The maximum Gasteiger partial charge on any atom is 0.271 e. The summed E-state index contributed by atoms with van der Waals surface area (Å²) in [4.78, 5) is 12.2. The molecule has 0 atom stereocenters. The van der Waals surface area contributed by atoms with Gasteiger partial charge in [-0.05, 0) is 42.0 Å². The van der Waals surface area contributed by atoms with Gasteiger partial charge in [0.25, 0.3) is 5.91 Å². The molecule has 0 radical (unpaired) electrons. The Bertz CT molecular complexity index is 991. The van der Waals surface area contributed by atoms with Crippen molar-refractivity contribution in [3.8, 4) is 11.5 Å². The van der Waals surface area contributed by atoms with Crippen LogP contribution in [0, 0.1) is 0 Å². The van der Waals surface area contributed by atoms with Crippen molar-refractivity contribution < 1.29 is 14.6 Å². The molecule has 28 heavy (non-hydrogen) atoms. The van der Waals surface area contributed by atoms with E-state index in [0.717, 1.165) is 5.56 Å². The first kappa shape index (κ1) is 19.7. The smallest absolute Gasteiger partial charge is 0.271 e. The number of halogens is 2. The van der Waals surface area contributed by atoms with E-state index < -0.39 is 5.91 Å². The lowest BCUT2D eigenvalue weighted by Gasteiger charge is -2.07. The molecule has 3 rings (SSSR count). The molecule has 142 valence electrons. The number of nitrogens with zero attached hydrogens (tertiary/aromatic N) is 1. The van der Waals surface area contributed by atoms with Gasteiger partial charge < -0.3 is 9.84 Å². The van der Waals surface area contributed by atoms with E-state index in [-0.39, 0.29) is 10.8 Å². The molecular formula is C21H16Cl2N2O3. The van der Waals surface area contributed by atoms with Gasteiger partial charge in [-0.25, -0.2) is 5.43 Å². The second-order valence-corrected chi connectivity index (χ2v) is 6.67. The molecule has 0 aromatic heterocycles. The summed E-state index contributed by atoms with van der Waals surface area (Å²) in [6.07, 6.45) is 1.27. The van der Waals surface area contributed by atoms with Gasteiger partial charge in [0, 0.05) is 16.1 Å². The van der Waals surface area contributed by atoms with Crippen molar-refractivity contribution in [2.24, 2.45) is 5.10 Å². The van der Waals surface area contributed by atoms with Crippen LogP contribution in [0.1, 0.15) is 21.5 Å². The number of ether oxygens (including phenoxy) is 1. The zero-order valence-corrected chi connectivity index (χ0v) is 16.1. The maximum absolute atomic E-state index is 12.2. The number of amides is 1. The zero-order chi connectivity index (χ0) is 19.9. The third-order valence-electron chi connectivity index (χ3n) is 3.79. The predicted molar refractivity (Wildman–Crippen MR) is 110 cm³/mol. The lowest BCUT2D eigenvalue weighted by molar-refractivity contribution is 0.0955. The van der Waals surface area contributed by atoms with Crippen LogP contribution in [-0.4, -0.2) is 17.2 Å². The van der Waals surface area contributed by atoms with Crippen LogP contribution in [0.15, 0.2) is 71.8 Å². The number of hydrogen-bond donors (Lipinski definition) is 2. The summed E-state index contributed by atoms with van der Waals surface area (Å²) in [5, 5.41) is 14.1. The van der Waals surface area contributed by atoms with Crippen molar-refractivity contribution in [2.75, 3.05) is 0 Å². The molecule has 7 heteroatoms. The van der Waals surface area contributed by atoms with E-state index in [4.69, 9.17) is 27.9 Å². The summed E-state index contributed by atoms with van der Waals surface area (Å²) >= 11 is 11.7. The van der Waals surface area contributed by atoms with Crippen molar-refractivity contribution in [2.45, 2.75) is 6.61 Å². The predicted octanol–water partition coefficient (Wildman–Crippen LogP) is 5.04. The Morgan fingerprint density at radius 2 is 1.79 bits per heavy atom. The Balaban J connectivity index is 1.57. The van der Waals surface area contributed by atoms with E-state index in [1.165, 1.54) is 18.3 Å². The third-order valence-corrected chi connectivity index (χ3v) is 4.30. The highest BCUT2D eigenvalue weighted by atomic mass is 35.5. The van der Waals surface area contributed by atoms with Crippen LogP contribution in [0.4, 0.5) is 0 Å². The van der Waals surface area contributed by atoms with Gasteiger partial charge >= 0.3 is 0 Å². The fourth-order valence-electron chi connectivity index (χ4n) is 2.35. The van der Waals surface area contributed by atoms with Gasteiger partial charge in [0.05, 0.1) is 11.2 Å². The summed E-state index contributed by atoms with van der Waals surface area (Å²) in [6.45, 7) is 0.447. The molecule has 0 bridgehead atoms. The second kappa shape index (κ2) is 9.26. The molecule has 0 saturated heterocycles. The lowest BCUT2D eigenvalue weighted by Crippen LogP contribution is -2.17. The fourth-order valence-corrected chi connectivity index (χ4v) is 2.86. The standard InChI is InChI=1S/C21H16Cl2N2O3/c22-17-10-16(20(26)19(23)11-17)12-24-25-21(27)15-6-8-18(9-7-15)28-13-14-4-2-1-3-5-14/h1-12,26H,13H2,(H,25,27). The van der Waals surface area contributed by atoms with Gasteiger partial charge in [0.2, 0.25) is 0 Å². The first-order valence-electron chi connectivity index (χ1n) is 8.31. The molecule has 1 amide bonds. The Morgan fingerprint density at radius 3 is 2.50 bits per heavy atom. The van der Waals surface area contributed by atoms with Gasteiger partial charge in [0.1, 0.15) is 18.1 Å². The average molecular weight is 415 g/mol. The summed E-state index contributed by atoms with van der Waals surface area (Å²) in [7, 11) is 0. The normalized spacial score (nSPS) is 10.8. The minimum atomic E-state index is -0.404. The molecule has 2 N–H and O–H groups in total. The number of carbonyl (C=O) groups is 1. The van der Waals surface area contributed by atoms with E-state index in [9.17, 15) is 9.90 Å². The second-order valence-electron chi connectivity index (χ2n) is 5.82. The van der Waals surface area contributed by atoms with E-state index in [0.29, 0.717) is 28.5 Å². The van der Waals surface area contributed by atoms with E-state index in [1.807, 2.05) is 30.3 Å². The van der Waals surface area contributed by atoms with Crippen molar-refractivity contribution in [1.29, 1.82) is 0 Å². The summed E-state index contributed by atoms with van der Waals surface area (Å²) < 4.78 is 5.69. The van der Waals surface area contributed by atoms with Crippen molar-refractivity contribution in [3.05, 3.63) is 93.5 Å². The van der Waals surface area contributed by atoms with Crippen LogP contribution in [0.3, 0.4) is 0 Å². The number of hydrazone groups is 1. The largest absolute Gasteiger partial charge is 0.506 e. The highest BCUT2D eigenvalue weighted by Gasteiger charge is 2.07. The zero-order valence-electron chi connectivity index (χ0n) is 14.6. The van der Waals surface area contributed by atoms with Crippen LogP contribution < -0.4 is 10.2 Å². The van der Waals surface area contributed by atoms with Gasteiger partial charge in [-0.15, -0.1) is 0 Å². The molecule has 0 aliphatic rings. The number of benzene rings is 3. The van der Waals surface area contributed by atoms with Crippen LogP contribution in [0.25, 0.3) is 0 Å². The van der Waals surface area contributed by atoms with Crippen LogP contribution in [0.5, 0.6) is 11.5 Å². The van der Waals surface area contributed by atoms with Crippen molar-refractivity contribution in [1.82, 2.24) is 5.43 Å². The number of aromatic hydroxyl groups is 1. The lowest BCUT2D eigenvalue weighted by atomic mass is 10.2. The number of phenols is 1. The quantitative estimate of drug-likeness (QED) is 0.438. The highest BCUT2D eigenvalue weighted by Crippen LogP contribution is 2.29. The SMILES string of the molecule is O=C(NN=Cc1cc(Cl)cc(Cl)c1O)c1ccc(OCc2ccccc2)cc1. The van der Waals surface area contributed by atoms with Crippen LogP contribution in [-0.2, 0) is 6.61 Å². The Morgan fingerprint density at radius 1 is 1.07 bits per heavy atom. The third kappa shape index (κ3) is 5.25. The maximum atomic E-state index is 12.2. The summed E-state index contributed by atoms with van der Waals surface area (Å²) in [5.74, 6) is 0.0878. The van der Waals surface area contributed by atoms with Gasteiger partial charge in [0.15, 0.2) is 0 Å². The van der Waals surface area contributed by atoms with Gasteiger partial charge in [-0.1, -0.05) is 53.5 Å². The van der Waals surface area contributed by atoms with Crippen LogP contribution in [0.2, 0.25) is 10.0 Å². The van der Waals surface area contributed by atoms with Crippen molar-refractivity contribution in [3.63, 3.8) is 0 Å². The molecule has 5 nitrogen and oxygen atoms in total. The van der Waals surface area contributed by atoms with E-state index in [1.54, 1.807) is 24.3 Å². The molecule has 3 aromatic rings. The first-order valence-corrected chi connectivity index (χ1v) is 9.07. The first-order chi connectivity index (χ1) is 13.5. The monoisotopic (exact) mass is 414 g/mol. The number of rotatable bonds is 6. The average Bonchev–Trinajstić information content (AvgIpc) is 2.71. The molecule has 0 fully saturated rings. The van der Waals surface area contributed by atoms with E-state index in [2.05, 4.69) is 10.5 Å². The molecule has 0 unspecified atom stereocenters. The molecule has 0 aliphatic carbocycles. The minimum Gasteiger partial charge on any atom is -0.506 e. The highest BCUT2D eigenvalue weighted by molar-refractivity contribution is 6.36. The molecular weight excluding hydrogens is 399 g/mol.